The van der Waals surface area contributed by atoms with Gasteiger partial charge in [0.25, 0.3) is 0 Å². The molecule has 27 heavy (non-hydrogen) atoms. The second-order valence-corrected chi connectivity index (χ2v) is 5.94. The standard InChI is InChI=1S/C20H28N4O2.HI/c1-6-21-20(23-13-18-14(2)8-7-11-22-18)24-15(3)17-12-16(25-4)9-10-19(17)26-5;/h7-12,15H,6,13H2,1-5H3,(H2,21,23,24);1H. The Bertz CT molecular complexity index is 753. The minimum Gasteiger partial charge on any atom is -0.497 e. The summed E-state index contributed by atoms with van der Waals surface area (Å²) in [5.41, 5.74) is 3.11. The molecule has 1 heterocycles. The molecule has 1 aromatic carbocycles. The summed E-state index contributed by atoms with van der Waals surface area (Å²) in [6.07, 6.45) is 1.79. The first-order valence-electron chi connectivity index (χ1n) is 8.76. The zero-order chi connectivity index (χ0) is 18.9. The number of nitrogens with zero attached hydrogens (tertiary/aromatic N) is 2. The number of halogens is 1. The third kappa shape index (κ3) is 6.57. The number of aliphatic imine (C=N–C) groups is 1. The van der Waals surface area contributed by atoms with Gasteiger partial charge in [0.15, 0.2) is 5.96 Å². The quantitative estimate of drug-likeness (QED) is 0.355. The van der Waals surface area contributed by atoms with E-state index in [2.05, 4.69) is 27.5 Å². The molecule has 0 aliphatic rings. The van der Waals surface area contributed by atoms with Crippen LogP contribution in [0.5, 0.6) is 11.5 Å². The zero-order valence-corrected chi connectivity index (χ0v) is 18.9. The first-order valence-corrected chi connectivity index (χ1v) is 8.76. The smallest absolute Gasteiger partial charge is 0.192 e. The van der Waals surface area contributed by atoms with Crippen molar-refractivity contribution >= 4 is 29.9 Å². The number of rotatable bonds is 7. The van der Waals surface area contributed by atoms with Crippen molar-refractivity contribution in [3.8, 4) is 11.5 Å². The van der Waals surface area contributed by atoms with Crippen molar-refractivity contribution in [1.82, 2.24) is 15.6 Å². The molecule has 1 aromatic heterocycles. The number of benzene rings is 1. The van der Waals surface area contributed by atoms with Gasteiger partial charge >= 0.3 is 0 Å². The average Bonchev–Trinajstić information content (AvgIpc) is 2.66. The molecule has 0 saturated heterocycles. The summed E-state index contributed by atoms with van der Waals surface area (Å²) in [6.45, 7) is 7.44. The van der Waals surface area contributed by atoms with Crippen LogP contribution in [0, 0.1) is 6.92 Å². The Morgan fingerprint density at radius 3 is 2.63 bits per heavy atom. The molecule has 0 aliphatic heterocycles. The Morgan fingerprint density at radius 1 is 1.22 bits per heavy atom. The summed E-state index contributed by atoms with van der Waals surface area (Å²) < 4.78 is 10.8. The normalized spacial score (nSPS) is 12.0. The van der Waals surface area contributed by atoms with E-state index in [-0.39, 0.29) is 30.0 Å². The maximum Gasteiger partial charge on any atom is 0.192 e. The number of aromatic nitrogens is 1. The first kappa shape index (κ1) is 23.0. The Hall–Kier alpha value is -2.03. The molecule has 7 heteroatoms. The fraction of sp³-hybridized carbons (Fsp3) is 0.400. The Balaban J connectivity index is 0.00000364. The van der Waals surface area contributed by atoms with Crippen LogP contribution in [0.15, 0.2) is 41.5 Å². The second kappa shape index (κ2) is 11.6. The van der Waals surface area contributed by atoms with Gasteiger partial charge in [-0.2, -0.15) is 0 Å². The van der Waals surface area contributed by atoms with E-state index in [1.807, 2.05) is 44.2 Å². The third-order valence-electron chi connectivity index (χ3n) is 4.11. The molecule has 0 aliphatic carbocycles. The molecule has 0 amide bonds. The molecule has 2 aromatic rings. The summed E-state index contributed by atoms with van der Waals surface area (Å²) in [5.74, 6) is 2.33. The van der Waals surface area contributed by atoms with Gasteiger partial charge in [-0.05, 0) is 50.6 Å². The van der Waals surface area contributed by atoms with E-state index in [4.69, 9.17) is 9.47 Å². The van der Waals surface area contributed by atoms with E-state index in [0.29, 0.717) is 6.54 Å². The highest BCUT2D eigenvalue weighted by Gasteiger charge is 2.14. The van der Waals surface area contributed by atoms with E-state index in [9.17, 15) is 0 Å². The van der Waals surface area contributed by atoms with Gasteiger partial charge in [0.1, 0.15) is 11.5 Å². The maximum atomic E-state index is 5.49. The average molecular weight is 484 g/mol. The number of pyridine rings is 1. The molecule has 0 radical (unpaired) electrons. The topological polar surface area (TPSA) is 67.8 Å². The van der Waals surface area contributed by atoms with Gasteiger partial charge in [0, 0.05) is 18.3 Å². The predicted octanol–water partition coefficient (Wildman–Crippen LogP) is 3.84. The minimum absolute atomic E-state index is 0. The maximum absolute atomic E-state index is 5.49. The number of ether oxygens (including phenoxy) is 2. The van der Waals surface area contributed by atoms with Crippen LogP contribution in [0.2, 0.25) is 0 Å². The van der Waals surface area contributed by atoms with Crippen LogP contribution in [-0.4, -0.2) is 31.7 Å². The van der Waals surface area contributed by atoms with E-state index < -0.39 is 0 Å². The van der Waals surface area contributed by atoms with Crippen molar-refractivity contribution in [2.45, 2.75) is 33.4 Å². The lowest BCUT2D eigenvalue weighted by Crippen LogP contribution is -2.38. The molecule has 0 fully saturated rings. The van der Waals surface area contributed by atoms with Gasteiger partial charge in [-0.1, -0.05) is 6.07 Å². The molecule has 148 valence electrons. The molecule has 0 spiro atoms. The predicted molar refractivity (Wildman–Crippen MR) is 120 cm³/mol. The van der Waals surface area contributed by atoms with Gasteiger partial charge in [0.2, 0.25) is 0 Å². The SMILES string of the molecule is CCNC(=NCc1ncccc1C)NC(C)c1cc(OC)ccc1OC.I. The lowest BCUT2D eigenvalue weighted by molar-refractivity contribution is 0.394. The summed E-state index contributed by atoms with van der Waals surface area (Å²) in [5, 5.41) is 6.70. The number of methoxy groups -OCH3 is 2. The molecule has 2 rings (SSSR count). The highest BCUT2D eigenvalue weighted by Crippen LogP contribution is 2.29. The van der Waals surface area contributed by atoms with Crippen molar-refractivity contribution in [1.29, 1.82) is 0 Å². The number of aryl methyl sites for hydroxylation is 1. The van der Waals surface area contributed by atoms with Crippen LogP contribution in [0.4, 0.5) is 0 Å². The van der Waals surface area contributed by atoms with Crippen LogP contribution < -0.4 is 20.1 Å². The first-order chi connectivity index (χ1) is 12.6. The minimum atomic E-state index is -0.0114. The van der Waals surface area contributed by atoms with Crippen molar-refractivity contribution in [2.24, 2.45) is 4.99 Å². The van der Waals surface area contributed by atoms with Crippen LogP contribution in [0.25, 0.3) is 0 Å². The molecular formula is C20H29IN4O2. The lowest BCUT2D eigenvalue weighted by atomic mass is 10.1. The number of hydrogen-bond donors (Lipinski definition) is 2. The van der Waals surface area contributed by atoms with Crippen molar-refractivity contribution in [2.75, 3.05) is 20.8 Å². The van der Waals surface area contributed by atoms with Gasteiger partial charge in [-0.15, -0.1) is 24.0 Å². The zero-order valence-electron chi connectivity index (χ0n) is 16.6. The van der Waals surface area contributed by atoms with Crippen molar-refractivity contribution in [3.05, 3.63) is 53.3 Å². The monoisotopic (exact) mass is 484 g/mol. The summed E-state index contributed by atoms with van der Waals surface area (Å²) in [7, 11) is 3.32. The highest BCUT2D eigenvalue weighted by atomic mass is 127. The summed E-state index contributed by atoms with van der Waals surface area (Å²) in [6, 6.07) is 9.74. The van der Waals surface area contributed by atoms with E-state index in [0.717, 1.165) is 40.8 Å². The Kier molecular flexibility index (Phi) is 9.92. The van der Waals surface area contributed by atoms with Crippen LogP contribution >= 0.6 is 24.0 Å². The highest BCUT2D eigenvalue weighted by molar-refractivity contribution is 14.0. The molecular weight excluding hydrogens is 455 g/mol. The van der Waals surface area contributed by atoms with Gasteiger partial charge in [0.05, 0.1) is 32.5 Å². The Morgan fingerprint density at radius 2 is 2.00 bits per heavy atom. The number of guanidine groups is 1. The van der Waals surface area contributed by atoms with Crippen LogP contribution in [0.1, 0.15) is 36.7 Å². The van der Waals surface area contributed by atoms with E-state index >= 15 is 0 Å². The molecule has 1 atom stereocenters. The number of hydrogen-bond acceptors (Lipinski definition) is 4. The third-order valence-corrected chi connectivity index (χ3v) is 4.11. The number of nitrogens with one attached hydrogen (secondary N) is 2. The van der Waals surface area contributed by atoms with Crippen LogP contribution in [-0.2, 0) is 6.54 Å². The summed E-state index contributed by atoms with van der Waals surface area (Å²) >= 11 is 0. The van der Waals surface area contributed by atoms with E-state index in [1.54, 1.807) is 20.4 Å². The van der Waals surface area contributed by atoms with Gasteiger partial charge < -0.3 is 20.1 Å². The molecule has 2 N–H and O–H groups in total. The second-order valence-electron chi connectivity index (χ2n) is 5.94. The fourth-order valence-electron chi connectivity index (χ4n) is 2.62. The van der Waals surface area contributed by atoms with Gasteiger partial charge in [-0.25, -0.2) is 4.99 Å². The Labute approximate surface area is 178 Å². The largest absolute Gasteiger partial charge is 0.497 e. The van der Waals surface area contributed by atoms with Gasteiger partial charge in [-0.3, -0.25) is 4.98 Å². The molecule has 0 bridgehead atoms. The summed E-state index contributed by atoms with van der Waals surface area (Å²) in [4.78, 5) is 9.07. The van der Waals surface area contributed by atoms with Crippen molar-refractivity contribution < 1.29 is 9.47 Å². The molecule has 6 nitrogen and oxygen atoms in total. The fourth-order valence-corrected chi connectivity index (χ4v) is 2.62. The van der Waals surface area contributed by atoms with Crippen molar-refractivity contribution in [3.63, 3.8) is 0 Å². The molecule has 0 saturated carbocycles. The lowest BCUT2D eigenvalue weighted by Gasteiger charge is -2.21. The molecule has 1 unspecified atom stereocenters. The van der Waals surface area contributed by atoms with E-state index in [1.165, 1.54) is 0 Å². The van der Waals surface area contributed by atoms with Crippen LogP contribution in [0.3, 0.4) is 0 Å².